The summed E-state index contributed by atoms with van der Waals surface area (Å²) in [5.74, 6) is -0.774. The van der Waals surface area contributed by atoms with Crippen LogP contribution in [0.2, 0.25) is 5.02 Å². The number of carbonyl (C=O) groups is 1. The molecule has 1 fully saturated rings. The van der Waals surface area contributed by atoms with Crippen LogP contribution in [0.15, 0.2) is 83.9 Å². The Labute approximate surface area is 204 Å². The van der Waals surface area contributed by atoms with E-state index in [9.17, 15) is 22.4 Å². The number of hydrogen-bond acceptors (Lipinski definition) is 3. The molecule has 0 unspecified atom stereocenters. The lowest BCUT2D eigenvalue weighted by atomic mass is 10.0. The first kappa shape index (κ1) is 24.7. The fraction of sp³-hybridized carbons (Fsp3) is 0.231. The number of rotatable bonds is 7. The molecule has 1 amide bonds. The highest BCUT2D eigenvalue weighted by molar-refractivity contribution is 6.46. The Hall–Kier alpha value is -3.39. The monoisotopic (exact) mass is 504 g/mol. The van der Waals surface area contributed by atoms with Crippen LogP contribution in [0.5, 0.6) is 5.75 Å². The number of ether oxygens (including phenoxy) is 1. The van der Waals surface area contributed by atoms with Gasteiger partial charge in [-0.25, -0.2) is 0 Å². The fourth-order valence-corrected chi connectivity index (χ4v) is 4.07. The molecular formula is C26H21ClF4N2O2. The summed E-state index contributed by atoms with van der Waals surface area (Å²) in [6, 6.07) is 20.6. The molecule has 0 radical (unpaired) electrons. The third-order valence-electron chi connectivity index (χ3n) is 5.65. The number of aliphatic imine (C=N–C) groups is 1. The van der Waals surface area contributed by atoms with Crippen LogP contribution in [-0.2, 0) is 4.79 Å². The molecule has 4 nitrogen and oxygen atoms in total. The van der Waals surface area contributed by atoms with Crippen molar-refractivity contribution < 1.29 is 27.1 Å². The second kappa shape index (κ2) is 10.1. The van der Waals surface area contributed by atoms with E-state index >= 15 is 0 Å². The molecule has 0 aliphatic carbocycles. The van der Waals surface area contributed by atoms with Gasteiger partial charge in [0.25, 0.3) is 5.91 Å². The molecule has 3 aromatic carbocycles. The number of alkyl halides is 4. The Balaban J connectivity index is 1.71. The van der Waals surface area contributed by atoms with Gasteiger partial charge < -0.3 is 4.74 Å². The minimum Gasteiger partial charge on any atom is -0.428 e. The van der Waals surface area contributed by atoms with Crippen molar-refractivity contribution in [1.29, 1.82) is 0 Å². The number of halogens is 5. The van der Waals surface area contributed by atoms with Gasteiger partial charge in [0.05, 0.1) is 12.1 Å². The van der Waals surface area contributed by atoms with Crippen molar-refractivity contribution in [1.82, 2.24) is 0 Å². The Morgan fingerprint density at radius 2 is 1.71 bits per heavy atom. The highest BCUT2D eigenvalue weighted by Gasteiger charge is 2.44. The third-order valence-corrected chi connectivity index (χ3v) is 5.90. The Morgan fingerprint density at radius 3 is 2.37 bits per heavy atom. The Morgan fingerprint density at radius 1 is 1.03 bits per heavy atom. The zero-order chi connectivity index (χ0) is 25.2. The summed E-state index contributed by atoms with van der Waals surface area (Å²) in [6.07, 6.45) is -8.44. The van der Waals surface area contributed by atoms with Crippen LogP contribution in [0, 0.1) is 0 Å². The van der Waals surface area contributed by atoms with E-state index in [1.807, 2.05) is 37.3 Å². The van der Waals surface area contributed by atoms with E-state index in [2.05, 4.69) is 9.73 Å². The number of hydrogen-bond donors (Lipinski definition) is 0. The minimum atomic E-state index is -4.64. The van der Waals surface area contributed by atoms with Gasteiger partial charge >= 0.3 is 12.5 Å². The number of benzene rings is 3. The molecule has 4 rings (SSSR count). The average molecular weight is 505 g/mol. The summed E-state index contributed by atoms with van der Waals surface area (Å²) < 4.78 is 56.5. The summed E-state index contributed by atoms with van der Waals surface area (Å²) in [5.41, 5.74) is 2.21. The minimum absolute atomic E-state index is 0.188. The van der Waals surface area contributed by atoms with Gasteiger partial charge in [-0.1, -0.05) is 54.1 Å². The molecule has 0 bridgehead atoms. The van der Waals surface area contributed by atoms with E-state index in [1.165, 1.54) is 17.0 Å². The molecule has 1 aliphatic rings. The fourth-order valence-electron chi connectivity index (χ4n) is 3.94. The van der Waals surface area contributed by atoms with Gasteiger partial charge in [0, 0.05) is 17.1 Å². The zero-order valence-electron chi connectivity index (χ0n) is 18.5. The van der Waals surface area contributed by atoms with Crippen LogP contribution in [0.1, 0.15) is 36.6 Å². The van der Waals surface area contributed by atoms with Gasteiger partial charge in [-0.15, -0.1) is 0 Å². The zero-order valence-corrected chi connectivity index (χ0v) is 19.3. The topological polar surface area (TPSA) is 41.9 Å². The summed E-state index contributed by atoms with van der Waals surface area (Å²) in [6.45, 7) is 1.87. The van der Waals surface area contributed by atoms with Crippen LogP contribution in [0.3, 0.4) is 0 Å². The first-order valence-electron chi connectivity index (χ1n) is 10.8. The van der Waals surface area contributed by atoms with Crippen molar-refractivity contribution in [3.05, 3.63) is 95.0 Å². The highest BCUT2D eigenvalue weighted by atomic mass is 35.5. The van der Waals surface area contributed by atoms with Crippen molar-refractivity contribution in [3.8, 4) is 5.75 Å². The summed E-state index contributed by atoms with van der Waals surface area (Å²) in [4.78, 5) is 19.6. The molecular weight excluding hydrogens is 484 g/mol. The number of amides is 1. The van der Waals surface area contributed by atoms with Crippen molar-refractivity contribution in [2.45, 2.75) is 38.0 Å². The molecule has 1 aliphatic heterocycles. The number of anilines is 1. The molecule has 1 heterocycles. The average Bonchev–Trinajstić information content (AvgIpc) is 3.16. The maximum Gasteiger partial charge on any atom is 0.461 e. The smallest absolute Gasteiger partial charge is 0.428 e. The SMILES string of the molecule is C[C@@H](N=C1C[C@H](c2cccc(OC(F)(F)C(F)F)c2)N(c2ccc(Cl)cc2)C1=O)c1ccccc1. The van der Waals surface area contributed by atoms with Gasteiger partial charge in [-0.3, -0.25) is 14.7 Å². The van der Waals surface area contributed by atoms with Crippen LogP contribution in [0.4, 0.5) is 23.2 Å². The first-order valence-corrected chi connectivity index (χ1v) is 11.2. The van der Waals surface area contributed by atoms with Gasteiger partial charge in [0.15, 0.2) is 0 Å². The molecule has 0 saturated carbocycles. The second-order valence-corrected chi connectivity index (χ2v) is 8.51. The molecule has 9 heteroatoms. The molecule has 1 saturated heterocycles. The molecule has 0 aromatic heterocycles. The molecule has 0 spiro atoms. The highest BCUT2D eigenvalue weighted by Crippen LogP contribution is 2.39. The van der Waals surface area contributed by atoms with Gasteiger partial charge in [0.1, 0.15) is 11.5 Å². The largest absolute Gasteiger partial charge is 0.461 e. The Bertz CT molecular complexity index is 1220. The molecule has 0 N–H and O–H groups in total. The standard InChI is InChI=1S/C26H21ClF4N2O2/c1-16(17-6-3-2-4-7-17)32-22-15-23(33(24(22)34)20-12-10-19(27)11-13-20)18-8-5-9-21(14-18)35-26(30,31)25(28)29/h2-14,16,23,25H,15H2,1H3/t16-,23-/m1/s1. The quantitative estimate of drug-likeness (QED) is 0.318. The van der Waals surface area contributed by atoms with Crippen LogP contribution >= 0.6 is 11.6 Å². The lowest BCUT2D eigenvalue weighted by Crippen LogP contribution is -2.33. The normalized spacial score (nSPS) is 18.4. The lowest BCUT2D eigenvalue weighted by molar-refractivity contribution is -0.253. The van der Waals surface area contributed by atoms with E-state index in [-0.39, 0.29) is 18.4 Å². The molecule has 3 aromatic rings. The van der Waals surface area contributed by atoms with Crippen molar-refractivity contribution in [2.24, 2.45) is 4.99 Å². The van der Waals surface area contributed by atoms with E-state index in [1.54, 1.807) is 30.3 Å². The predicted molar refractivity (Wildman–Crippen MR) is 127 cm³/mol. The third kappa shape index (κ3) is 5.48. The maximum atomic E-state index is 13.5. The van der Waals surface area contributed by atoms with Crippen molar-refractivity contribution in [3.63, 3.8) is 0 Å². The number of nitrogens with zero attached hydrogens (tertiary/aromatic N) is 2. The van der Waals surface area contributed by atoms with E-state index in [4.69, 9.17) is 11.6 Å². The first-order chi connectivity index (χ1) is 16.7. The van der Waals surface area contributed by atoms with E-state index in [0.717, 1.165) is 11.6 Å². The Kier molecular flexibility index (Phi) is 7.12. The van der Waals surface area contributed by atoms with Crippen LogP contribution in [-0.4, -0.2) is 24.2 Å². The van der Waals surface area contributed by atoms with Crippen LogP contribution < -0.4 is 9.64 Å². The van der Waals surface area contributed by atoms with Crippen molar-refractivity contribution >= 4 is 28.9 Å². The molecule has 35 heavy (non-hydrogen) atoms. The number of carbonyl (C=O) groups excluding carboxylic acids is 1. The maximum absolute atomic E-state index is 13.5. The van der Waals surface area contributed by atoms with Crippen molar-refractivity contribution in [2.75, 3.05) is 4.90 Å². The molecule has 2 atom stereocenters. The van der Waals surface area contributed by atoms with Gasteiger partial charge in [0.2, 0.25) is 0 Å². The summed E-state index contributed by atoms with van der Waals surface area (Å²) >= 11 is 6.01. The van der Waals surface area contributed by atoms with Gasteiger partial charge in [-0.2, -0.15) is 17.6 Å². The van der Waals surface area contributed by atoms with Crippen LogP contribution in [0.25, 0.3) is 0 Å². The van der Waals surface area contributed by atoms with Gasteiger partial charge in [-0.05, 0) is 54.4 Å². The predicted octanol–water partition coefficient (Wildman–Crippen LogP) is 7.26. The summed E-state index contributed by atoms with van der Waals surface area (Å²) in [5, 5.41) is 0.480. The molecule has 182 valence electrons. The van der Waals surface area contributed by atoms with E-state index < -0.39 is 24.3 Å². The summed E-state index contributed by atoms with van der Waals surface area (Å²) in [7, 11) is 0. The van der Waals surface area contributed by atoms with E-state index in [0.29, 0.717) is 22.0 Å². The second-order valence-electron chi connectivity index (χ2n) is 8.07. The lowest BCUT2D eigenvalue weighted by Gasteiger charge is -2.25.